The Morgan fingerprint density at radius 3 is 2.30 bits per heavy atom. The maximum Gasteiger partial charge on any atom is 0.410 e. The molecule has 1 heterocycles. The standard InChI is InChI=1S/C22H27BrN2O2/c1-22(2,3)27-21(26)25-13-12-16(15-25)14-24-20-10-6-18(7-11-20)17-4-8-19(23)9-5-17/h4-11,16,24H,12-15H2,1-3H3. The van der Waals surface area contributed by atoms with Gasteiger partial charge in [0.1, 0.15) is 5.60 Å². The summed E-state index contributed by atoms with van der Waals surface area (Å²) in [6.45, 7) is 8.08. The highest BCUT2D eigenvalue weighted by atomic mass is 79.9. The van der Waals surface area contributed by atoms with Crippen LogP contribution in [0.1, 0.15) is 27.2 Å². The number of benzene rings is 2. The van der Waals surface area contributed by atoms with E-state index >= 15 is 0 Å². The van der Waals surface area contributed by atoms with Crippen LogP contribution in [0.3, 0.4) is 0 Å². The highest BCUT2D eigenvalue weighted by Gasteiger charge is 2.29. The molecular weight excluding hydrogens is 404 g/mol. The molecule has 0 spiro atoms. The lowest BCUT2D eigenvalue weighted by atomic mass is 10.1. The lowest BCUT2D eigenvalue weighted by Crippen LogP contribution is -2.35. The van der Waals surface area contributed by atoms with E-state index in [2.05, 4.69) is 69.8 Å². The van der Waals surface area contributed by atoms with E-state index < -0.39 is 5.60 Å². The number of amides is 1. The van der Waals surface area contributed by atoms with Gasteiger partial charge >= 0.3 is 6.09 Å². The second kappa shape index (κ2) is 8.34. The van der Waals surface area contributed by atoms with Crippen LogP contribution in [-0.2, 0) is 4.74 Å². The van der Waals surface area contributed by atoms with E-state index in [0.29, 0.717) is 5.92 Å². The van der Waals surface area contributed by atoms with Gasteiger partial charge in [-0.2, -0.15) is 0 Å². The van der Waals surface area contributed by atoms with Crippen molar-refractivity contribution in [1.82, 2.24) is 4.90 Å². The van der Waals surface area contributed by atoms with Crippen molar-refractivity contribution < 1.29 is 9.53 Å². The number of hydrogen-bond acceptors (Lipinski definition) is 3. The van der Waals surface area contributed by atoms with E-state index in [0.717, 1.165) is 36.2 Å². The zero-order valence-corrected chi connectivity index (χ0v) is 17.8. The molecule has 1 aliphatic rings. The molecule has 1 atom stereocenters. The first kappa shape index (κ1) is 19.7. The quantitative estimate of drug-likeness (QED) is 0.667. The number of halogens is 1. The van der Waals surface area contributed by atoms with Crippen LogP contribution < -0.4 is 5.32 Å². The monoisotopic (exact) mass is 430 g/mol. The van der Waals surface area contributed by atoms with Crippen molar-refractivity contribution in [2.45, 2.75) is 32.8 Å². The fraction of sp³-hybridized carbons (Fsp3) is 0.409. The van der Waals surface area contributed by atoms with Gasteiger partial charge in [-0.3, -0.25) is 0 Å². The van der Waals surface area contributed by atoms with Crippen LogP contribution in [0.25, 0.3) is 11.1 Å². The summed E-state index contributed by atoms with van der Waals surface area (Å²) in [4.78, 5) is 14.0. The van der Waals surface area contributed by atoms with E-state index in [1.165, 1.54) is 11.1 Å². The summed E-state index contributed by atoms with van der Waals surface area (Å²) in [5.74, 6) is 0.448. The summed E-state index contributed by atoms with van der Waals surface area (Å²) in [7, 11) is 0. The van der Waals surface area contributed by atoms with Crippen LogP contribution in [-0.4, -0.2) is 36.2 Å². The number of likely N-dealkylation sites (tertiary alicyclic amines) is 1. The maximum absolute atomic E-state index is 12.2. The highest BCUT2D eigenvalue weighted by Crippen LogP contribution is 2.24. The summed E-state index contributed by atoms with van der Waals surface area (Å²) in [6.07, 6.45) is 0.798. The summed E-state index contributed by atoms with van der Waals surface area (Å²) in [5.41, 5.74) is 3.06. The first-order chi connectivity index (χ1) is 12.8. The van der Waals surface area contributed by atoms with E-state index in [9.17, 15) is 4.79 Å². The van der Waals surface area contributed by atoms with Crippen molar-refractivity contribution >= 4 is 27.7 Å². The maximum atomic E-state index is 12.2. The van der Waals surface area contributed by atoms with Crippen LogP contribution in [0.15, 0.2) is 53.0 Å². The molecule has 2 aromatic rings. The number of nitrogens with zero attached hydrogens (tertiary/aromatic N) is 1. The summed E-state index contributed by atoms with van der Waals surface area (Å²) in [6, 6.07) is 16.8. The fourth-order valence-electron chi connectivity index (χ4n) is 3.18. The molecule has 27 heavy (non-hydrogen) atoms. The van der Waals surface area contributed by atoms with Gasteiger partial charge in [0.15, 0.2) is 0 Å². The Morgan fingerprint density at radius 2 is 1.70 bits per heavy atom. The van der Waals surface area contributed by atoms with Crippen molar-refractivity contribution in [3.63, 3.8) is 0 Å². The third-order valence-electron chi connectivity index (χ3n) is 4.59. The second-order valence-corrected chi connectivity index (χ2v) is 8.96. The van der Waals surface area contributed by atoms with Gasteiger partial charge in [-0.1, -0.05) is 40.2 Å². The molecule has 0 aliphatic carbocycles. The Kier molecular flexibility index (Phi) is 6.10. The van der Waals surface area contributed by atoms with Gasteiger partial charge in [0, 0.05) is 29.8 Å². The molecular formula is C22H27BrN2O2. The Balaban J connectivity index is 1.49. The van der Waals surface area contributed by atoms with Crippen LogP contribution in [0.2, 0.25) is 0 Å². The Bertz CT molecular complexity index is 766. The average molecular weight is 431 g/mol. The van der Waals surface area contributed by atoms with Crippen molar-refractivity contribution in [3.8, 4) is 11.1 Å². The molecule has 1 fully saturated rings. The fourth-order valence-corrected chi connectivity index (χ4v) is 3.44. The van der Waals surface area contributed by atoms with Gasteiger partial charge < -0.3 is 15.0 Å². The predicted octanol–water partition coefficient (Wildman–Crippen LogP) is 5.79. The minimum Gasteiger partial charge on any atom is -0.444 e. The third kappa shape index (κ3) is 5.73. The number of nitrogens with one attached hydrogen (secondary N) is 1. The molecule has 0 aromatic heterocycles. The highest BCUT2D eigenvalue weighted by molar-refractivity contribution is 9.10. The number of carbonyl (C=O) groups excluding carboxylic acids is 1. The smallest absolute Gasteiger partial charge is 0.410 e. The topological polar surface area (TPSA) is 41.6 Å². The molecule has 144 valence electrons. The van der Waals surface area contributed by atoms with Crippen molar-refractivity contribution in [1.29, 1.82) is 0 Å². The zero-order valence-electron chi connectivity index (χ0n) is 16.2. The normalized spacial score (nSPS) is 17.0. The van der Waals surface area contributed by atoms with Gasteiger partial charge in [0.05, 0.1) is 0 Å². The van der Waals surface area contributed by atoms with Gasteiger partial charge in [0.2, 0.25) is 0 Å². The minimum atomic E-state index is -0.440. The van der Waals surface area contributed by atoms with E-state index in [1.807, 2.05) is 25.7 Å². The SMILES string of the molecule is CC(C)(C)OC(=O)N1CCC(CNc2ccc(-c3ccc(Br)cc3)cc2)C1. The molecule has 1 aliphatic heterocycles. The van der Waals surface area contributed by atoms with Crippen molar-refractivity contribution in [2.75, 3.05) is 25.0 Å². The zero-order chi connectivity index (χ0) is 19.4. The van der Waals surface area contributed by atoms with E-state index in [-0.39, 0.29) is 6.09 Å². The van der Waals surface area contributed by atoms with Gasteiger partial charge in [-0.15, -0.1) is 0 Å². The molecule has 0 radical (unpaired) electrons. The summed E-state index contributed by atoms with van der Waals surface area (Å²) < 4.78 is 6.54. The largest absolute Gasteiger partial charge is 0.444 e. The Morgan fingerprint density at radius 1 is 1.11 bits per heavy atom. The predicted molar refractivity (Wildman–Crippen MR) is 114 cm³/mol. The number of rotatable bonds is 4. The Hall–Kier alpha value is -2.01. The molecule has 0 bridgehead atoms. The molecule has 3 rings (SSSR count). The summed E-state index contributed by atoms with van der Waals surface area (Å²) >= 11 is 3.47. The molecule has 1 saturated heterocycles. The first-order valence-corrected chi connectivity index (χ1v) is 10.2. The number of anilines is 1. The van der Waals surface area contributed by atoms with Crippen LogP contribution in [0.4, 0.5) is 10.5 Å². The molecule has 1 amide bonds. The number of ether oxygens (including phenoxy) is 1. The van der Waals surface area contributed by atoms with Crippen LogP contribution in [0, 0.1) is 5.92 Å². The lowest BCUT2D eigenvalue weighted by molar-refractivity contribution is 0.0289. The minimum absolute atomic E-state index is 0.205. The molecule has 2 aromatic carbocycles. The third-order valence-corrected chi connectivity index (χ3v) is 5.12. The Labute approximate surface area is 170 Å². The number of hydrogen-bond donors (Lipinski definition) is 1. The van der Waals surface area contributed by atoms with Gasteiger partial charge in [-0.05, 0) is 68.5 Å². The van der Waals surface area contributed by atoms with Gasteiger partial charge in [-0.25, -0.2) is 4.79 Å². The van der Waals surface area contributed by atoms with E-state index in [1.54, 1.807) is 0 Å². The first-order valence-electron chi connectivity index (χ1n) is 9.38. The van der Waals surface area contributed by atoms with Crippen LogP contribution >= 0.6 is 15.9 Å². The molecule has 4 nitrogen and oxygen atoms in total. The van der Waals surface area contributed by atoms with Gasteiger partial charge in [0.25, 0.3) is 0 Å². The van der Waals surface area contributed by atoms with Crippen LogP contribution in [0.5, 0.6) is 0 Å². The van der Waals surface area contributed by atoms with Crippen molar-refractivity contribution in [2.24, 2.45) is 5.92 Å². The molecule has 1 N–H and O–H groups in total. The average Bonchev–Trinajstić information content (AvgIpc) is 3.09. The number of carbonyl (C=O) groups is 1. The molecule has 1 unspecified atom stereocenters. The van der Waals surface area contributed by atoms with E-state index in [4.69, 9.17) is 4.74 Å². The lowest BCUT2D eigenvalue weighted by Gasteiger charge is -2.24. The van der Waals surface area contributed by atoms with Crippen molar-refractivity contribution in [3.05, 3.63) is 53.0 Å². The molecule has 0 saturated carbocycles. The second-order valence-electron chi connectivity index (χ2n) is 8.05. The molecule has 5 heteroatoms. The summed E-state index contributed by atoms with van der Waals surface area (Å²) in [5, 5.41) is 3.50.